The molecular weight excluding hydrogens is 310 g/mol. The largest absolute Gasteiger partial charge is 0.394 e. The Balaban J connectivity index is 2.12. The van der Waals surface area contributed by atoms with Crippen molar-refractivity contribution in [2.75, 3.05) is 6.61 Å². The maximum atomic E-state index is 9.67. The third kappa shape index (κ3) is 3.01. The first-order chi connectivity index (χ1) is 8.65. The van der Waals surface area contributed by atoms with E-state index < -0.39 is 5.54 Å². The molecule has 0 saturated carbocycles. The summed E-state index contributed by atoms with van der Waals surface area (Å²) in [6, 6.07) is 12.1. The summed E-state index contributed by atoms with van der Waals surface area (Å²) in [6.07, 6.45) is 0. The highest BCUT2D eigenvalue weighted by atomic mass is 79.9. The zero-order valence-corrected chi connectivity index (χ0v) is 12.6. The molecule has 1 heterocycles. The van der Waals surface area contributed by atoms with E-state index >= 15 is 0 Å². The standard InChI is InChI=1S/C14H16BrNOS/c1-14(10-17,11-5-3-2-4-6-11)16-9-13-12(15)7-8-18-13/h2-8,16-17H,9-10H2,1H3. The third-order valence-electron chi connectivity index (χ3n) is 3.06. The topological polar surface area (TPSA) is 32.3 Å². The first-order valence-corrected chi connectivity index (χ1v) is 7.46. The molecule has 0 fully saturated rings. The number of hydrogen-bond acceptors (Lipinski definition) is 3. The summed E-state index contributed by atoms with van der Waals surface area (Å²) >= 11 is 5.22. The molecule has 2 aromatic rings. The van der Waals surface area contributed by atoms with Crippen LogP contribution in [0.15, 0.2) is 46.3 Å². The molecule has 0 radical (unpaired) electrons. The van der Waals surface area contributed by atoms with Crippen molar-refractivity contribution >= 4 is 27.3 Å². The van der Waals surface area contributed by atoms with Crippen LogP contribution in [0.4, 0.5) is 0 Å². The van der Waals surface area contributed by atoms with Gasteiger partial charge in [-0.25, -0.2) is 0 Å². The molecule has 0 aliphatic heterocycles. The highest BCUT2D eigenvalue weighted by Crippen LogP contribution is 2.25. The van der Waals surface area contributed by atoms with Crippen LogP contribution in [0.3, 0.4) is 0 Å². The van der Waals surface area contributed by atoms with Crippen molar-refractivity contribution in [3.63, 3.8) is 0 Å². The number of thiophene rings is 1. The van der Waals surface area contributed by atoms with E-state index in [1.165, 1.54) is 4.88 Å². The zero-order valence-electron chi connectivity index (χ0n) is 10.2. The predicted molar refractivity (Wildman–Crippen MR) is 79.7 cm³/mol. The van der Waals surface area contributed by atoms with Crippen LogP contribution >= 0.6 is 27.3 Å². The first-order valence-electron chi connectivity index (χ1n) is 5.79. The Morgan fingerprint density at radius 1 is 1.28 bits per heavy atom. The summed E-state index contributed by atoms with van der Waals surface area (Å²) in [5.74, 6) is 0. The monoisotopic (exact) mass is 325 g/mol. The Hall–Kier alpha value is -0.680. The van der Waals surface area contributed by atoms with Crippen molar-refractivity contribution in [3.05, 3.63) is 56.7 Å². The zero-order chi connectivity index (χ0) is 13.0. The van der Waals surface area contributed by atoms with E-state index in [4.69, 9.17) is 0 Å². The minimum atomic E-state index is -0.412. The van der Waals surface area contributed by atoms with Gasteiger partial charge in [-0.3, -0.25) is 0 Å². The molecule has 0 spiro atoms. The van der Waals surface area contributed by atoms with Crippen LogP contribution in [0, 0.1) is 0 Å². The SMILES string of the molecule is CC(CO)(NCc1sccc1Br)c1ccccc1. The number of rotatable bonds is 5. The minimum Gasteiger partial charge on any atom is -0.394 e. The molecule has 0 aliphatic rings. The summed E-state index contributed by atoms with van der Waals surface area (Å²) in [4.78, 5) is 1.24. The van der Waals surface area contributed by atoms with Crippen LogP contribution in [0.25, 0.3) is 0 Å². The molecule has 2 nitrogen and oxygen atoms in total. The summed E-state index contributed by atoms with van der Waals surface area (Å²) in [5, 5.41) is 15.2. The van der Waals surface area contributed by atoms with Gasteiger partial charge in [0.2, 0.25) is 0 Å². The molecule has 2 N–H and O–H groups in total. The molecule has 0 bridgehead atoms. The van der Waals surface area contributed by atoms with Crippen molar-refractivity contribution in [2.45, 2.75) is 19.0 Å². The fourth-order valence-electron chi connectivity index (χ4n) is 1.78. The maximum Gasteiger partial charge on any atom is 0.0652 e. The average molecular weight is 326 g/mol. The Morgan fingerprint density at radius 2 is 2.00 bits per heavy atom. The minimum absolute atomic E-state index is 0.0695. The Bertz CT molecular complexity index is 500. The normalized spacial score (nSPS) is 14.4. The summed E-state index contributed by atoms with van der Waals surface area (Å²) in [6.45, 7) is 2.83. The van der Waals surface area contributed by atoms with Gasteiger partial charge in [0.25, 0.3) is 0 Å². The fraction of sp³-hybridized carbons (Fsp3) is 0.286. The third-order valence-corrected chi connectivity index (χ3v) is 4.98. The number of halogens is 1. The summed E-state index contributed by atoms with van der Waals surface area (Å²) in [5.41, 5.74) is 0.685. The number of hydrogen-bond donors (Lipinski definition) is 2. The Labute approximate surface area is 120 Å². The summed E-state index contributed by atoms with van der Waals surface area (Å²) < 4.78 is 1.12. The van der Waals surface area contributed by atoms with Crippen LogP contribution in [0.5, 0.6) is 0 Å². The van der Waals surface area contributed by atoms with Gasteiger partial charge in [0.05, 0.1) is 12.1 Å². The van der Waals surface area contributed by atoms with Crippen molar-refractivity contribution < 1.29 is 5.11 Å². The van der Waals surface area contributed by atoms with Crippen LogP contribution in [-0.4, -0.2) is 11.7 Å². The molecule has 1 unspecified atom stereocenters. The van der Waals surface area contributed by atoms with Gasteiger partial charge in [-0.1, -0.05) is 30.3 Å². The van der Waals surface area contributed by atoms with Gasteiger partial charge in [-0.2, -0.15) is 0 Å². The van der Waals surface area contributed by atoms with Gasteiger partial charge >= 0.3 is 0 Å². The molecule has 1 aromatic carbocycles. The molecule has 4 heteroatoms. The van der Waals surface area contributed by atoms with Gasteiger partial charge < -0.3 is 10.4 Å². The number of nitrogens with one attached hydrogen (secondary N) is 1. The fourth-order valence-corrected chi connectivity index (χ4v) is 3.21. The van der Waals surface area contributed by atoms with Gasteiger partial charge in [0.1, 0.15) is 0 Å². The lowest BCUT2D eigenvalue weighted by molar-refractivity contribution is 0.174. The Morgan fingerprint density at radius 3 is 2.56 bits per heavy atom. The van der Waals surface area contributed by atoms with Crippen molar-refractivity contribution in [1.29, 1.82) is 0 Å². The van der Waals surface area contributed by atoms with Gasteiger partial charge in [-0.15, -0.1) is 11.3 Å². The second-order valence-corrected chi connectivity index (χ2v) is 6.26. The van der Waals surface area contributed by atoms with E-state index in [1.807, 2.05) is 43.3 Å². The molecule has 18 heavy (non-hydrogen) atoms. The second kappa shape index (κ2) is 5.97. The van der Waals surface area contributed by atoms with Gasteiger partial charge in [-0.05, 0) is 39.9 Å². The van der Waals surface area contributed by atoms with Crippen LogP contribution in [-0.2, 0) is 12.1 Å². The predicted octanol–water partition coefficient (Wildman–Crippen LogP) is 3.51. The van der Waals surface area contributed by atoms with E-state index in [0.717, 1.165) is 16.6 Å². The quantitative estimate of drug-likeness (QED) is 0.881. The second-order valence-electron chi connectivity index (χ2n) is 4.40. The highest BCUT2D eigenvalue weighted by Gasteiger charge is 2.25. The molecule has 0 amide bonds. The van der Waals surface area contributed by atoms with E-state index in [1.54, 1.807) is 11.3 Å². The smallest absolute Gasteiger partial charge is 0.0652 e. The van der Waals surface area contributed by atoms with E-state index in [9.17, 15) is 5.11 Å². The molecule has 0 aliphatic carbocycles. The molecule has 1 atom stereocenters. The molecule has 96 valence electrons. The number of benzene rings is 1. The summed E-state index contributed by atoms with van der Waals surface area (Å²) in [7, 11) is 0. The van der Waals surface area contributed by atoms with Crippen LogP contribution in [0.2, 0.25) is 0 Å². The highest BCUT2D eigenvalue weighted by molar-refractivity contribution is 9.10. The first kappa shape index (κ1) is 13.7. The van der Waals surface area contributed by atoms with Crippen LogP contribution in [0.1, 0.15) is 17.4 Å². The van der Waals surface area contributed by atoms with Gasteiger partial charge in [0.15, 0.2) is 0 Å². The molecular formula is C14H16BrNOS. The van der Waals surface area contributed by atoms with E-state index in [2.05, 4.69) is 26.6 Å². The van der Waals surface area contributed by atoms with Crippen LogP contribution < -0.4 is 5.32 Å². The maximum absolute atomic E-state index is 9.67. The number of aliphatic hydroxyl groups excluding tert-OH is 1. The lowest BCUT2D eigenvalue weighted by atomic mass is 9.93. The van der Waals surface area contributed by atoms with Crippen molar-refractivity contribution in [1.82, 2.24) is 5.32 Å². The molecule has 0 saturated heterocycles. The van der Waals surface area contributed by atoms with Crippen molar-refractivity contribution in [2.24, 2.45) is 0 Å². The Kier molecular flexibility index (Phi) is 4.56. The van der Waals surface area contributed by atoms with Gasteiger partial charge in [0, 0.05) is 15.9 Å². The van der Waals surface area contributed by atoms with Crippen molar-refractivity contribution in [3.8, 4) is 0 Å². The van der Waals surface area contributed by atoms with E-state index in [0.29, 0.717) is 0 Å². The lowest BCUT2D eigenvalue weighted by Crippen LogP contribution is -2.42. The average Bonchev–Trinajstić information content (AvgIpc) is 2.83. The molecule has 2 rings (SSSR count). The molecule has 1 aromatic heterocycles. The lowest BCUT2D eigenvalue weighted by Gasteiger charge is -2.29. The van der Waals surface area contributed by atoms with E-state index in [-0.39, 0.29) is 6.61 Å². The number of aliphatic hydroxyl groups is 1.